The molecular formula is C30H24N3O5+. The Hall–Kier alpha value is -4.85. The highest BCUT2D eigenvalue weighted by Crippen LogP contribution is 2.42. The normalized spacial score (nSPS) is 17.3. The SMILES string of the molecule is Cc1cccc(C(=O)Oc2ccc(C3c4c(n(C)c(=O)n(C)c4=O)[NH+]=C4c5ccccc5C(=O)C43)cc2)c1. The predicted octanol–water partition coefficient (Wildman–Crippen LogP) is 1.77. The minimum Gasteiger partial charge on any atom is -0.423 e. The van der Waals surface area contributed by atoms with Crippen molar-refractivity contribution in [2.24, 2.45) is 20.0 Å². The number of fused-ring (bicyclic) bond motifs is 4. The smallest absolute Gasteiger partial charge is 0.417 e. The van der Waals surface area contributed by atoms with Gasteiger partial charge in [-0.05, 0) is 36.8 Å². The lowest BCUT2D eigenvalue weighted by atomic mass is 9.76. The van der Waals surface area contributed by atoms with Crippen molar-refractivity contribution in [1.29, 1.82) is 0 Å². The van der Waals surface area contributed by atoms with Crippen LogP contribution in [0.1, 0.15) is 48.9 Å². The van der Waals surface area contributed by atoms with Crippen molar-refractivity contribution in [2.45, 2.75) is 12.8 Å². The highest BCUT2D eigenvalue weighted by molar-refractivity contribution is 6.27. The maximum absolute atomic E-state index is 13.7. The van der Waals surface area contributed by atoms with Crippen LogP contribution in [0.25, 0.3) is 0 Å². The number of esters is 1. The third kappa shape index (κ3) is 3.48. The van der Waals surface area contributed by atoms with Crippen LogP contribution in [0.2, 0.25) is 0 Å². The number of benzene rings is 3. The van der Waals surface area contributed by atoms with E-state index in [1.165, 1.54) is 11.6 Å². The van der Waals surface area contributed by atoms with Crippen molar-refractivity contribution in [3.8, 4) is 5.75 Å². The summed E-state index contributed by atoms with van der Waals surface area (Å²) < 4.78 is 8.03. The molecule has 2 aliphatic rings. The summed E-state index contributed by atoms with van der Waals surface area (Å²) in [4.78, 5) is 55.8. The number of aromatic nitrogens is 2. The van der Waals surface area contributed by atoms with Gasteiger partial charge in [-0.25, -0.2) is 19.1 Å². The molecule has 2 unspecified atom stereocenters. The van der Waals surface area contributed by atoms with Crippen molar-refractivity contribution < 1.29 is 19.3 Å². The van der Waals surface area contributed by atoms with Gasteiger partial charge in [-0.1, -0.05) is 54.1 Å². The van der Waals surface area contributed by atoms with Crippen LogP contribution in [0, 0.1) is 12.8 Å². The first-order chi connectivity index (χ1) is 18.3. The molecule has 1 aromatic heterocycles. The Kier molecular flexibility index (Phi) is 5.34. The molecule has 38 heavy (non-hydrogen) atoms. The average molecular weight is 507 g/mol. The molecule has 3 aromatic carbocycles. The number of hydrogen-bond donors (Lipinski definition) is 1. The fraction of sp³-hybridized carbons (Fsp3) is 0.167. The molecule has 8 nitrogen and oxygen atoms in total. The summed E-state index contributed by atoms with van der Waals surface area (Å²) in [7, 11) is 3.03. The molecule has 0 radical (unpaired) electrons. The van der Waals surface area contributed by atoms with Gasteiger partial charge in [0.1, 0.15) is 17.0 Å². The number of aryl methyl sites for hydroxylation is 1. The van der Waals surface area contributed by atoms with E-state index in [1.807, 2.05) is 31.2 Å². The summed E-state index contributed by atoms with van der Waals surface area (Å²) in [5, 5.41) is 0. The third-order valence-corrected chi connectivity index (χ3v) is 7.38. The quantitative estimate of drug-likeness (QED) is 0.337. The van der Waals surface area contributed by atoms with Gasteiger partial charge in [-0.3, -0.25) is 9.59 Å². The summed E-state index contributed by atoms with van der Waals surface area (Å²) in [5.41, 5.74) is 3.51. The lowest BCUT2D eigenvalue weighted by molar-refractivity contribution is -0.368. The van der Waals surface area contributed by atoms with Gasteiger partial charge >= 0.3 is 11.7 Å². The van der Waals surface area contributed by atoms with E-state index in [-0.39, 0.29) is 5.78 Å². The number of Topliss-reactive ketones (excluding diaryl/α,β-unsaturated/α-hetero) is 1. The Labute approximate surface area is 217 Å². The molecule has 1 aliphatic carbocycles. The molecular weight excluding hydrogens is 482 g/mol. The Morgan fingerprint density at radius 1 is 0.842 bits per heavy atom. The van der Waals surface area contributed by atoms with Crippen LogP contribution in [0.3, 0.4) is 0 Å². The van der Waals surface area contributed by atoms with Gasteiger partial charge in [0, 0.05) is 24.1 Å². The molecule has 1 aliphatic heterocycles. The molecule has 2 atom stereocenters. The lowest BCUT2D eigenvalue weighted by Crippen LogP contribution is -2.74. The van der Waals surface area contributed by atoms with E-state index >= 15 is 0 Å². The van der Waals surface area contributed by atoms with Crippen molar-refractivity contribution in [2.75, 3.05) is 0 Å². The average Bonchev–Trinajstić information content (AvgIpc) is 3.21. The molecule has 0 bridgehead atoms. The zero-order valence-corrected chi connectivity index (χ0v) is 21.0. The van der Waals surface area contributed by atoms with Crippen LogP contribution in [0.4, 0.5) is 5.82 Å². The van der Waals surface area contributed by atoms with Crippen molar-refractivity contribution in [3.05, 3.63) is 127 Å². The van der Waals surface area contributed by atoms with E-state index in [4.69, 9.17) is 4.74 Å². The second kappa shape index (κ2) is 8.62. The maximum atomic E-state index is 13.7. The standard InChI is InChI=1S/C30H23N3O5/c1-16-7-6-8-18(15-16)29(36)38-19-13-11-17(12-14-19)22-23-25(20-9-4-5-10-21(20)26(23)34)31-27-24(22)28(35)33(3)30(37)32(27)2/h4-15,22-23H,1-3H3/p+1. The van der Waals surface area contributed by atoms with Crippen LogP contribution in [0.5, 0.6) is 5.75 Å². The van der Waals surface area contributed by atoms with E-state index in [0.29, 0.717) is 39.5 Å². The monoisotopic (exact) mass is 506 g/mol. The Morgan fingerprint density at radius 3 is 2.26 bits per heavy atom. The van der Waals surface area contributed by atoms with Crippen LogP contribution < -0.4 is 21.0 Å². The zero-order valence-electron chi connectivity index (χ0n) is 21.0. The first kappa shape index (κ1) is 23.5. The minimum absolute atomic E-state index is 0.0930. The molecule has 0 saturated heterocycles. The van der Waals surface area contributed by atoms with Gasteiger partial charge in [-0.15, -0.1) is 0 Å². The lowest BCUT2D eigenvalue weighted by Gasteiger charge is -2.26. The second-order valence-corrected chi connectivity index (χ2v) is 9.70. The zero-order chi connectivity index (χ0) is 26.7. The van der Waals surface area contributed by atoms with Gasteiger partial charge in [-0.2, -0.15) is 4.57 Å². The highest BCUT2D eigenvalue weighted by atomic mass is 16.5. The topological polar surface area (TPSA) is 101 Å². The highest BCUT2D eigenvalue weighted by Gasteiger charge is 2.50. The van der Waals surface area contributed by atoms with Crippen LogP contribution in [-0.4, -0.2) is 26.6 Å². The van der Waals surface area contributed by atoms with E-state index < -0.39 is 29.1 Å². The molecule has 8 heteroatoms. The number of ether oxygens (including phenoxy) is 1. The maximum Gasteiger partial charge on any atom is 0.417 e. The second-order valence-electron chi connectivity index (χ2n) is 9.70. The molecule has 0 fully saturated rings. The van der Waals surface area contributed by atoms with Crippen LogP contribution in [-0.2, 0) is 14.1 Å². The van der Waals surface area contributed by atoms with E-state index in [2.05, 4.69) is 4.99 Å². The molecule has 1 N–H and O–H groups in total. The summed E-state index contributed by atoms with van der Waals surface area (Å²) in [5.74, 6) is -1.17. The first-order valence-electron chi connectivity index (χ1n) is 12.2. The number of nitrogens with one attached hydrogen (secondary N) is 1. The summed E-state index contributed by atoms with van der Waals surface area (Å²) in [6.45, 7) is 1.90. The van der Waals surface area contributed by atoms with Gasteiger partial charge in [0.15, 0.2) is 5.78 Å². The fourth-order valence-electron chi connectivity index (χ4n) is 5.50. The fourth-order valence-corrected chi connectivity index (χ4v) is 5.50. The van der Waals surface area contributed by atoms with E-state index in [1.54, 1.807) is 55.6 Å². The predicted molar refractivity (Wildman–Crippen MR) is 140 cm³/mol. The van der Waals surface area contributed by atoms with Crippen molar-refractivity contribution in [3.63, 3.8) is 0 Å². The molecule has 188 valence electrons. The van der Waals surface area contributed by atoms with Gasteiger partial charge < -0.3 is 4.74 Å². The number of carbonyl (C=O) groups excluding carboxylic acids is 2. The molecule has 2 heterocycles. The van der Waals surface area contributed by atoms with Crippen LogP contribution in [0.15, 0.2) is 82.4 Å². The Bertz CT molecular complexity index is 1810. The van der Waals surface area contributed by atoms with Crippen LogP contribution >= 0.6 is 0 Å². The Balaban J connectivity index is 1.46. The number of nitrogens with zero attached hydrogens (tertiary/aromatic N) is 2. The number of carbonyl (C=O) groups is 2. The van der Waals surface area contributed by atoms with E-state index in [0.717, 1.165) is 15.7 Å². The molecule has 0 saturated carbocycles. The van der Waals surface area contributed by atoms with Gasteiger partial charge in [0.05, 0.1) is 18.5 Å². The number of hydrogen-bond acceptors (Lipinski definition) is 5. The van der Waals surface area contributed by atoms with Gasteiger partial charge in [0.25, 0.3) is 11.4 Å². The van der Waals surface area contributed by atoms with E-state index in [9.17, 15) is 19.2 Å². The summed E-state index contributed by atoms with van der Waals surface area (Å²) in [6, 6.07) is 21.3. The molecule has 0 amide bonds. The summed E-state index contributed by atoms with van der Waals surface area (Å²) in [6.07, 6.45) is 0. The molecule has 0 spiro atoms. The van der Waals surface area contributed by atoms with Crippen molar-refractivity contribution in [1.82, 2.24) is 9.13 Å². The third-order valence-electron chi connectivity index (χ3n) is 7.38. The minimum atomic E-state index is -0.661. The number of ketones is 1. The van der Waals surface area contributed by atoms with Crippen molar-refractivity contribution >= 4 is 23.3 Å². The number of rotatable bonds is 3. The largest absolute Gasteiger partial charge is 0.423 e. The first-order valence-corrected chi connectivity index (χ1v) is 12.2. The molecule has 6 rings (SSSR count). The van der Waals surface area contributed by atoms with Gasteiger partial charge in [0.2, 0.25) is 0 Å². The summed E-state index contributed by atoms with van der Waals surface area (Å²) >= 11 is 0. The Morgan fingerprint density at radius 2 is 1.55 bits per heavy atom. The molecule has 4 aromatic rings.